The molecule has 3 rings (SSSR count). The topological polar surface area (TPSA) is 85.2 Å². The molecule has 2 heterocycles. The summed E-state index contributed by atoms with van der Waals surface area (Å²) in [6, 6.07) is 17.8. The molecule has 150 valence electrons. The van der Waals surface area contributed by atoms with E-state index in [1.165, 1.54) is 17.8 Å². The molecule has 0 saturated heterocycles. The van der Waals surface area contributed by atoms with Crippen molar-refractivity contribution in [1.29, 1.82) is 0 Å². The van der Waals surface area contributed by atoms with Gasteiger partial charge in [0.05, 0.1) is 7.11 Å². The van der Waals surface area contributed by atoms with E-state index in [2.05, 4.69) is 48.1 Å². The van der Waals surface area contributed by atoms with Gasteiger partial charge in [-0.2, -0.15) is 5.10 Å². The number of pyridine rings is 1. The van der Waals surface area contributed by atoms with E-state index in [0.29, 0.717) is 5.88 Å². The number of hydrogen-bond donors (Lipinski definition) is 1. The molecule has 0 saturated carbocycles. The van der Waals surface area contributed by atoms with Crippen molar-refractivity contribution in [3.8, 4) is 17.1 Å². The minimum Gasteiger partial charge on any atom is -0.480 e. The maximum Gasteiger partial charge on any atom is 0.354 e. The smallest absolute Gasteiger partial charge is 0.354 e. The van der Waals surface area contributed by atoms with Crippen LogP contribution in [0.2, 0.25) is 0 Å². The van der Waals surface area contributed by atoms with Crippen molar-refractivity contribution in [2.24, 2.45) is 0 Å². The number of benzene rings is 1. The Morgan fingerprint density at radius 3 is 2.21 bits per heavy atom. The van der Waals surface area contributed by atoms with Gasteiger partial charge in [0.25, 0.3) is 0 Å². The summed E-state index contributed by atoms with van der Waals surface area (Å²) >= 11 is 0. The number of aromatic nitrogens is 3. The molecule has 0 aliphatic heterocycles. The zero-order valence-electron chi connectivity index (χ0n) is 16.1. The summed E-state index contributed by atoms with van der Waals surface area (Å²) < 4.78 is 4.99. The van der Waals surface area contributed by atoms with Gasteiger partial charge in [-0.3, -0.25) is 0 Å². The van der Waals surface area contributed by atoms with Crippen LogP contribution < -0.4 is 4.74 Å². The molecule has 6 nitrogen and oxygen atoms in total. The summed E-state index contributed by atoms with van der Waals surface area (Å²) in [5, 5.41) is 16.4. The van der Waals surface area contributed by atoms with Crippen LogP contribution in [0.15, 0.2) is 54.7 Å². The van der Waals surface area contributed by atoms with Crippen LogP contribution in [-0.2, 0) is 26.5 Å². The van der Waals surface area contributed by atoms with Gasteiger partial charge >= 0.3 is 5.97 Å². The summed E-state index contributed by atoms with van der Waals surface area (Å²) in [5.41, 5.74) is 3.22. The molecule has 0 aliphatic carbocycles. The third kappa shape index (κ3) is 6.86. The Balaban J connectivity index is 0.000000332. The minimum absolute atomic E-state index is 0. The zero-order valence-corrected chi connectivity index (χ0v) is 18.4. The summed E-state index contributed by atoms with van der Waals surface area (Å²) in [7, 11) is 1.58. The minimum atomic E-state index is -0.990. The number of ether oxygens (including phenoxy) is 1. The Bertz CT molecular complexity index is 862. The normalized spacial score (nSPS) is 10.1. The average Bonchev–Trinajstić information content (AvgIpc) is 2.69. The number of carboxylic acids is 1. The third-order valence-electron chi connectivity index (χ3n) is 3.69. The molecule has 0 spiro atoms. The molecule has 0 aliphatic rings. The number of nitrogens with zero attached hydrogens (tertiary/aromatic N) is 3. The van der Waals surface area contributed by atoms with Crippen molar-refractivity contribution in [3.63, 3.8) is 0 Å². The van der Waals surface area contributed by atoms with E-state index in [1.807, 2.05) is 18.2 Å². The van der Waals surface area contributed by atoms with Gasteiger partial charge in [-0.15, -0.1) is 40.5 Å². The first-order chi connectivity index (χ1) is 12.8. The summed E-state index contributed by atoms with van der Waals surface area (Å²) in [4.78, 5) is 13.7. The number of carboxylic acid groups (broad SMARTS) is 1. The van der Waals surface area contributed by atoms with E-state index in [-0.39, 0.29) is 32.2 Å². The van der Waals surface area contributed by atoms with Gasteiger partial charge in [-0.25, -0.2) is 9.78 Å². The molecular formula is C21H22N3O3Pt-. The van der Waals surface area contributed by atoms with Gasteiger partial charge in [0.1, 0.15) is 5.69 Å². The van der Waals surface area contributed by atoms with Crippen molar-refractivity contribution in [2.75, 3.05) is 7.11 Å². The Morgan fingerprint density at radius 1 is 1.07 bits per heavy atom. The molecule has 7 heteroatoms. The first kappa shape index (κ1) is 23.4. The molecule has 3 aromatic rings. The fourth-order valence-electron chi connectivity index (χ4n) is 2.11. The molecular weight excluding hydrogens is 537 g/mol. The predicted molar refractivity (Wildman–Crippen MR) is 103 cm³/mol. The van der Waals surface area contributed by atoms with Crippen LogP contribution in [0.4, 0.5) is 0 Å². The molecule has 2 aromatic heterocycles. The quantitative estimate of drug-likeness (QED) is 0.488. The van der Waals surface area contributed by atoms with Crippen LogP contribution in [0, 0.1) is 6.07 Å². The fraction of sp³-hybridized carbons (Fsp3) is 0.238. The van der Waals surface area contributed by atoms with Crippen LogP contribution in [-0.4, -0.2) is 33.4 Å². The maximum absolute atomic E-state index is 10.1. The Kier molecular flexibility index (Phi) is 8.93. The predicted octanol–water partition coefficient (Wildman–Crippen LogP) is 4.03. The monoisotopic (exact) mass is 559 g/mol. The number of hydrogen-bond acceptors (Lipinski definition) is 5. The second-order valence-corrected chi connectivity index (χ2v) is 6.72. The summed E-state index contributed by atoms with van der Waals surface area (Å²) in [5.74, 6) is -0.472. The van der Waals surface area contributed by atoms with E-state index in [1.54, 1.807) is 25.3 Å². The molecule has 0 radical (unpaired) electrons. The second kappa shape index (κ2) is 10.7. The van der Waals surface area contributed by atoms with Crippen molar-refractivity contribution < 1.29 is 35.7 Å². The van der Waals surface area contributed by atoms with Gasteiger partial charge in [0.15, 0.2) is 0 Å². The molecule has 28 heavy (non-hydrogen) atoms. The van der Waals surface area contributed by atoms with Gasteiger partial charge < -0.3 is 9.84 Å². The van der Waals surface area contributed by atoms with Crippen LogP contribution in [0.5, 0.6) is 5.88 Å². The number of rotatable bonds is 3. The Morgan fingerprint density at radius 2 is 1.82 bits per heavy atom. The van der Waals surface area contributed by atoms with E-state index < -0.39 is 5.97 Å². The summed E-state index contributed by atoms with van der Waals surface area (Å²) in [6.45, 7) is 6.55. The van der Waals surface area contributed by atoms with E-state index in [9.17, 15) is 4.79 Å². The first-order valence-corrected chi connectivity index (χ1v) is 8.36. The Hall–Kier alpha value is -2.59. The Labute approximate surface area is 179 Å². The van der Waals surface area contributed by atoms with Crippen molar-refractivity contribution >= 4 is 5.97 Å². The summed E-state index contributed by atoms with van der Waals surface area (Å²) in [6.07, 6.45) is 1.45. The average molecular weight is 560 g/mol. The standard InChI is InChI=1S/C15H17N2O.C6H5NO2.Pt/c1-15(2,3)12-7-5-11(6-8-12)13-9-10-14(18-4)17-16-13;8-6(9)5-3-1-2-4-7-5;/h5,7-10H,1-4H3;1-4H,(H,8,9);/q-1;;. The van der Waals surface area contributed by atoms with E-state index >= 15 is 0 Å². The molecule has 1 N–H and O–H groups in total. The van der Waals surface area contributed by atoms with E-state index in [0.717, 1.165) is 11.3 Å². The van der Waals surface area contributed by atoms with Crippen LogP contribution in [0.1, 0.15) is 36.8 Å². The molecule has 0 fully saturated rings. The van der Waals surface area contributed by atoms with Gasteiger partial charge in [0, 0.05) is 33.0 Å². The van der Waals surface area contributed by atoms with Gasteiger partial charge in [0.2, 0.25) is 5.88 Å². The maximum atomic E-state index is 10.1. The number of methoxy groups -OCH3 is 1. The van der Waals surface area contributed by atoms with Crippen molar-refractivity contribution in [3.05, 3.63) is 72.1 Å². The molecule has 0 unspecified atom stereocenters. The largest absolute Gasteiger partial charge is 0.480 e. The molecule has 0 amide bonds. The second-order valence-electron chi connectivity index (χ2n) is 6.72. The van der Waals surface area contributed by atoms with Crippen molar-refractivity contribution in [1.82, 2.24) is 15.2 Å². The first-order valence-electron chi connectivity index (χ1n) is 8.36. The number of carbonyl (C=O) groups is 1. The third-order valence-corrected chi connectivity index (χ3v) is 3.69. The van der Waals surface area contributed by atoms with E-state index in [4.69, 9.17) is 9.84 Å². The van der Waals surface area contributed by atoms with Gasteiger partial charge in [-0.1, -0.05) is 32.9 Å². The fourth-order valence-corrected chi connectivity index (χ4v) is 2.11. The zero-order chi connectivity index (χ0) is 19.9. The van der Waals surface area contributed by atoms with Crippen LogP contribution in [0.3, 0.4) is 0 Å². The van der Waals surface area contributed by atoms with Crippen LogP contribution in [0.25, 0.3) is 11.3 Å². The SMILES string of the molecule is COc1ccc(-c2[c-]cc(C(C)(C)C)cc2)nn1.O=C(O)c1ccccn1.[Pt]. The van der Waals surface area contributed by atoms with Crippen molar-refractivity contribution in [2.45, 2.75) is 26.2 Å². The van der Waals surface area contributed by atoms with Crippen LogP contribution >= 0.6 is 0 Å². The number of aromatic carboxylic acids is 1. The van der Waals surface area contributed by atoms with Gasteiger partial charge in [-0.05, 0) is 23.6 Å². The molecule has 1 aromatic carbocycles. The molecule has 0 bridgehead atoms. The molecule has 0 atom stereocenters.